The van der Waals surface area contributed by atoms with Crippen LogP contribution >= 0.6 is 23.4 Å². The molecule has 2 aromatic carbocycles. The molecule has 0 atom stereocenters. The Morgan fingerprint density at radius 3 is 2.63 bits per heavy atom. The van der Waals surface area contributed by atoms with Gasteiger partial charge in [0.05, 0.1) is 24.2 Å². The van der Waals surface area contributed by atoms with Gasteiger partial charge in [0.15, 0.2) is 0 Å². The van der Waals surface area contributed by atoms with Crippen molar-refractivity contribution in [2.45, 2.75) is 6.92 Å². The Morgan fingerprint density at radius 2 is 1.91 bits per heavy atom. The van der Waals surface area contributed by atoms with Gasteiger partial charge in [0.1, 0.15) is 29.6 Å². The van der Waals surface area contributed by atoms with E-state index in [0.29, 0.717) is 45.9 Å². The molecule has 0 bridgehead atoms. The highest BCUT2D eigenvalue weighted by atomic mass is 35.5. The molecule has 1 N–H and O–H groups in total. The van der Waals surface area contributed by atoms with Crippen molar-refractivity contribution in [2.75, 3.05) is 25.6 Å². The van der Waals surface area contributed by atoms with Crippen molar-refractivity contribution in [2.24, 2.45) is 0 Å². The molecule has 1 aliphatic heterocycles. The average Bonchev–Trinajstić information content (AvgIpc) is 3.41. The summed E-state index contributed by atoms with van der Waals surface area (Å²) in [4.78, 5) is 38.7. The van der Waals surface area contributed by atoms with Gasteiger partial charge in [-0.15, -0.1) is 0 Å². The first-order valence-electron chi connectivity index (χ1n) is 10.6. The van der Waals surface area contributed by atoms with E-state index < -0.39 is 23.6 Å². The van der Waals surface area contributed by atoms with Crippen molar-refractivity contribution in [1.82, 2.24) is 4.90 Å². The normalized spacial score (nSPS) is 14.5. The molecule has 0 radical (unpaired) electrons. The first kappa shape index (κ1) is 24.4. The van der Waals surface area contributed by atoms with Crippen LogP contribution in [0.15, 0.2) is 63.9 Å². The second kappa shape index (κ2) is 10.7. The number of nitrogens with zero attached hydrogens (tertiary/aromatic N) is 1. The molecular weight excluding hydrogens is 492 g/mol. The quantitative estimate of drug-likeness (QED) is 0.387. The number of hydrogen-bond acceptors (Lipinski definition) is 7. The number of amides is 3. The molecule has 2 heterocycles. The maximum absolute atomic E-state index is 12.8. The minimum Gasteiger partial charge on any atom is -0.496 e. The Hall–Kier alpha value is -3.69. The highest BCUT2D eigenvalue weighted by Gasteiger charge is 2.36. The first-order valence-corrected chi connectivity index (χ1v) is 11.8. The maximum Gasteiger partial charge on any atom is 0.294 e. The van der Waals surface area contributed by atoms with Crippen LogP contribution in [0.25, 0.3) is 17.4 Å². The number of nitrogens with one attached hydrogen (secondary N) is 1. The van der Waals surface area contributed by atoms with Gasteiger partial charge < -0.3 is 19.2 Å². The second-order valence-corrected chi connectivity index (χ2v) is 8.75. The number of rotatable bonds is 8. The fourth-order valence-electron chi connectivity index (χ4n) is 3.36. The molecule has 3 aromatic rings. The summed E-state index contributed by atoms with van der Waals surface area (Å²) >= 11 is 6.84. The van der Waals surface area contributed by atoms with Crippen LogP contribution in [0.3, 0.4) is 0 Å². The topological polar surface area (TPSA) is 98.1 Å². The largest absolute Gasteiger partial charge is 0.496 e. The summed E-state index contributed by atoms with van der Waals surface area (Å²) in [6.45, 7) is 2.01. The monoisotopic (exact) mass is 512 g/mol. The molecule has 0 unspecified atom stereocenters. The number of hydrogen-bond donors (Lipinski definition) is 1. The van der Waals surface area contributed by atoms with E-state index in [2.05, 4.69) is 5.32 Å². The number of ether oxygens (including phenoxy) is 2. The zero-order valence-electron chi connectivity index (χ0n) is 18.9. The Kier molecular flexibility index (Phi) is 7.48. The number of methoxy groups -OCH3 is 1. The SMILES string of the molecule is CCOc1ccc(NC(=O)CN2C(=O)S/C(=C/c3ccc(-c4cc(Cl)ccc4OC)o3)C2=O)cc1. The van der Waals surface area contributed by atoms with Gasteiger partial charge in [-0.2, -0.15) is 0 Å². The third kappa shape index (κ3) is 5.70. The summed E-state index contributed by atoms with van der Waals surface area (Å²) in [5, 5.41) is 2.65. The van der Waals surface area contributed by atoms with Crippen LogP contribution in [-0.2, 0) is 9.59 Å². The zero-order chi connectivity index (χ0) is 24.9. The molecule has 0 spiro atoms. The number of benzene rings is 2. The molecule has 180 valence electrons. The van der Waals surface area contributed by atoms with Gasteiger partial charge in [0.2, 0.25) is 5.91 Å². The van der Waals surface area contributed by atoms with E-state index in [-0.39, 0.29) is 4.91 Å². The summed E-state index contributed by atoms with van der Waals surface area (Å²) in [6.07, 6.45) is 1.47. The van der Waals surface area contributed by atoms with Crippen LogP contribution in [-0.4, -0.2) is 42.2 Å². The maximum atomic E-state index is 12.8. The first-order chi connectivity index (χ1) is 16.9. The smallest absolute Gasteiger partial charge is 0.294 e. The Bertz CT molecular complexity index is 1300. The molecule has 1 saturated heterocycles. The lowest BCUT2D eigenvalue weighted by Gasteiger charge is -2.12. The number of carbonyl (C=O) groups excluding carboxylic acids is 3. The van der Waals surface area contributed by atoms with Gasteiger partial charge in [0, 0.05) is 16.8 Å². The lowest BCUT2D eigenvalue weighted by Crippen LogP contribution is -2.36. The van der Waals surface area contributed by atoms with E-state index in [1.165, 1.54) is 6.08 Å². The van der Waals surface area contributed by atoms with Crippen LogP contribution in [0.2, 0.25) is 5.02 Å². The molecule has 1 aromatic heterocycles. The van der Waals surface area contributed by atoms with Crippen molar-refractivity contribution in [3.8, 4) is 22.8 Å². The molecule has 1 aliphatic rings. The van der Waals surface area contributed by atoms with Gasteiger partial charge in [-0.3, -0.25) is 19.3 Å². The Balaban J connectivity index is 1.44. The van der Waals surface area contributed by atoms with Gasteiger partial charge in [-0.1, -0.05) is 11.6 Å². The van der Waals surface area contributed by atoms with E-state index in [1.807, 2.05) is 6.92 Å². The predicted molar refractivity (Wildman–Crippen MR) is 135 cm³/mol. The Morgan fingerprint density at radius 1 is 1.14 bits per heavy atom. The third-order valence-electron chi connectivity index (χ3n) is 4.95. The number of carbonyl (C=O) groups is 3. The molecule has 35 heavy (non-hydrogen) atoms. The van der Waals surface area contributed by atoms with Crippen molar-refractivity contribution in [3.63, 3.8) is 0 Å². The van der Waals surface area contributed by atoms with Crippen molar-refractivity contribution < 1.29 is 28.3 Å². The van der Waals surface area contributed by atoms with Crippen molar-refractivity contribution in [1.29, 1.82) is 0 Å². The molecule has 0 saturated carbocycles. The van der Waals surface area contributed by atoms with Crippen LogP contribution in [0.1, 0.15) is 12.7 Å². The van der Waals surface area contributed by atoms with E-state index >= 15 is 0 Å². The lowest BCUT2D eigenvalue weighted by molar-refractivity contribution is -0.127. The summed E-state index contributed by atoms with van der Waals surface area (Å²) in [5.74, 6) is 1.05. The number of thioether (sulfide) groups is 1. The number of imide groups is 1. The van der Waals surface area contributed by atoms with Crippen molar-refractivity contribution >= 4 is 52.2 Å². The highest BCUT2D eigenvalue weighted by molar-refractivity contribution is 8.18. The molecule has 8 nitrogen and oxygen atoms in total. The fraction of sp³-hybridized carbons (Fsp3) is 0.160. The molecule has 4 rings (SSSR count). The van der Waals surface area contributed by atoms with Gasteiger partial charge >= 0.3 is 0 Å². The zero-order valence-corrected chi connectivity index (χ0v) is 20.4. The van der Waals surface area contributed by atoms with Crippen LogP contribution in [0, 0.1) is 0 Å². The minimum atomic E-state index is -0.569. The fourth-order valence-corrected chi connectivity index (χ4v) is 4.35. The highest BCUT2D eigenvalue weighted by Crippen LogP contribution is 2.36. The standard InChI is InChI=1S/C25H21ClN2O6S/c1-3-33-17-7-5-16(6-8-17)27-23(29)14-28-24(30)22(35-25(28)31)13-18-9-11-21(34-18)19-12-15(26)4-10-20(19)32-2/h4-13H,3,14H2,1-2H3,(H,27,29)/b22-13+. The number of furan rings is 1. The molecule has 3 amide bonds. The number of anilines is 1. The third-order valence-corrected chi connectivity index (χ3v) is 6.09. The summed E-state index contributed by atoms with van der Waals surface area (Å²) in [7, 11) is 1.54. The second-order valence-electron chi connectivity index (χ2n) is 7.32. The van der Waals surface area contributed by atoms with E-state index in [0.717, 1.165) is 16.7 Å². The van der Waals surface area contributed by atoms with Gasteiger partial charge in [-0.05, 0) is 73.3 Å². The summed E-state index contributed by atoms with van der Waals surface area (Å²) in [6, 6.07) is 15.3. The molecular formula is C25H21ClN2O6S. The van der Waals surface area contributed by atoms with Gasteiger partial charge in [-0.25, -0.2) is 0 Å². The van der Waals surface area contributed by atoms with Crippen molar-refractivity contribution in [3.05, 3.63) is 70.3 Å². The summed E-state index contributed by atoms with van der Waals surface area (Å²) in [5.41, 5.74) is 1.18. The van der Waals surface area contributed by atoms with E-state index in [4.69, 9.17) is 25.5 Å². The van der Waals surface area contributed by atoms with Gasteiger partial charge in [0.25, 0.3) is 11.1 Å². The molecule has 1 fully saturated rings. The Labute approximate surface area is 210 Å². The summed E-state index contributed by atoms with van der Waals surface area (Å²) < 4.78 is 16.6. The predicted octanol–water partition coefficient (Wildman–Crippen LogP) is 5.68. The van der Waals surface area contributed by atoms with E-state index in [9.17, 15) is 14.4 Å². The van der Waals surface area contributed by atoms with Crippen LogP contribution in [0.4, 0.5) is 10.5 Å². The number of halogens is 1. The minimum absolute atomic E-state index is 0.155. The molecule has 0 aliphatic carbocycles. The van der Waals surface area contributed by atoms with E-state index in [1.54, 1.807) is 61.7 Å². The lowest BCUT2D eigenvalue weighted by atomic mass is 10.1. The molecule has 10 heteroatoms. The van der Waals surface area contributed by atoms with Crippen LogP contribution < -0.4 is 14.8 Å². The van der Waals surface area contributed by atoms with Crippen LogP contribution in [0.5, 0.6) is 11.5 Å². The average molecular weight is 513 g/mol.